The second kappa shape index (κ2) is 28.4. The van der Waals surface area contributed by atoms with Gasteiger partial charge in [-0.05, 0) is 44.2 Å². The molecule has 1 aliphatic heterocycles. The summed E-state index contributed by atoms with van der Waals surface area (Å²) in [6.07, 6.45) is 2.15. The highest BCUT2D eigenvalue weighted by Crippen LogP contribution is 2.29. The molecule has 9 unspecified atom stereocenters. The number of hydrogen-bond acceptors (Lipinski definition) is 9. The number of rotatable bonds is 17. The molecule has 1 fully saturated rings. The minimum Gasteiger partial charge on any atom is -0.386 e. The highest BCUT2D eigenvalue weighted by atomic mass is 16.5. The van der Waals surface area contributed by atoms with Gasteiger partial charge >= 0.3 is 0 Å². The lowest BCUT2D eigenvalue weighted by atomic mass is 9.90. The Labute approximate surface area is 314 Å². The number of nitrogens with zero attached hydrogens (tertiary/aromatic N) is 2. The maximum atomic E-state index is 13.9. The molecule has 0 bridgehead atoms. The van der Waals surface area contributed by atoms with Crippen molar-refractivity contribution in [3.63, 3.8) is 0 Å². The van der Waals surface area contributed by atoms with E-state index in [2.05, 4.69) is 58.3 Å². The van der Waals surface area contributed by atoms with Crippen LogP contribution in [0.3, 0.4) is 0 Å². The molecule has 1 aliphatic rings. The number of carbonyl (C=O) groups excluding carboxylic acids is 4. The first-order valence-electron chi connectivity index (χ1n) is 18.7. The van der Waals surface area contributed by atoms with Crippen LogP contribution in [0.25, 0.3) is 0 Å². The van der Waals surface area contributed by atoms with Crippen molar-refractivity contribution in [2.24, 2.45) is 35.0 Å². The molecule has 0 aliphatic carbocycles. The number of ether oxygens (including phenoxy) is 2. The SMILES string of the molecule is CCC.CCC(C)C(C(CC(=O)N1CC(N)CC1C(OC)C(C)C(=O)NC(C)C(O)c1ccccc1)OC)N(C)C(=O)CCC(C)C.CN.NC=O. The van der Waals surface area contributed by atoms with E-state index in [0.717, 1.165) is 12.8 Å². The number of aliphatic hydroxyl groups excluding tert-OH is 1. The van der Waals surface area contributed by atoms with Crippen LogP contribution < -0.4 is 22.5 Å². The van der Waals surface area contributed by atoms with Gasteiger partial charge in [-0.2, -0.15) is 0 Å². The quantitative estimate of drug-likeness (QED) is 0.148. The first-order chi connectivity index (χ1) is 24.6. The van der Waals surface area contributed by atoms with Crippen molar-refractivity contribution in [1.82, 2.24) is 15.1 Å². The van der Waals surface area contributed by atoms with Gasteiger partial charge in [-0.1, -0.05) is 91.6 Å². The third-order valence-corrected chi connectivity index (χ3v) is 9.30. The van der Waals surface area contributed by atoms with Gasteiger partial charge in [0.1, 0.15) is 0 Å². The molecule has 8 N–H and O–H groups in total. The Balaban J connectivity index is 0. The second-order valence-electron chi connectivity index (χ2n) is 13.9. The maximum absolute atomic E-state index is 13.9. The number of aliphatic hydroxyl groups is 1. The topological polar surface area (TPSA) is 204 Å². The molecular formula is C39H74N6O7. The van der Waals surface area contributed by atoms with E-state index in [1.807, 2.05) is 37.4 Å². The smallest absolute Gasteiger partial charge is 0.225 e. The predicted octanol–water partition coefficient (Wildman–Crippen LogP) is 3.61. The van der Waals surface area contributed by atoms with E-state index >= 15 is 0 Å². The molecule has 2 rings (SSSR count). The molecule has 0 radical (unpaired) electrons. The number of methoxy groups -OCH3 is 2. The number of primary amides is 1. The average Bonchev–Trinajstić information content (AvgIpc) is 3.52. The normalized spacial score (nSPS) is 19.0. The second-order valence-corrected chi connectivity index (χ2v) is 13.9. The molecule has 0 saturated carbocycles. The van der Waals surface area contributed by atoms with Gasteiger partial charge in [-0.3, -0.25) is 19.2 Å². The van der Waals surface area contributed by atoms with E-state index in [-0.39, 0.29) is 48.6 Å². The highest BCUT2D eigenvalue weighted by molar-refractivity contribution is 5.81. The summed E-state index contributed by atoms with van der Waals surface area (Å²) >= 11 is 0. The lowest BCUT2D eigenvalue weighted by molar-refractivity contribution is -0.146. The van der Waals surface area contributed by atoms with E-state index < -0.39 is 36.3 Å². The molecule has 9 atom stereocenters. The molecule has 13 nitrogen and oxygen atoms in total. The van der Waals surface area contributed by atoms with Crippen LogP contribution in [0.15, 0.2) is 30.3 Å². The Morgan fingerprint density at radius 3 is 2.04 bits per heavy atom. The molecule has 1 aromatic rings. The van der Waals surface area contributed by atoms with Crippen molar-refractivity contribution < 1.29 is 33.8 Å². The lowest BCUT2D eigenvalue weighted by Crippen LogP contribution is -2.53. The first-order valence-corrected chi connectivity index (χ1v) is 18.7. The van der Waals surface area contributed by atoms with Crippen LogP contribution in [0.4, 0.5) is 0 Å². The average molecular weight is 739 g/mol. The molecular weight excluding hydrogens is 664 g/mol. The molecule has 13 heteroatoms. The van der Waals surface area contributed by atoms with Crippen molar-refractivity contribution >= 4 is 24.1 Å². The van der Waals surface area contributed by atoms with Crippen molar-refractivity contribution in [2.75, 3.05) is 34.9 Å². The summed E-state index contributed by atoms with van der Waals surface area (Å²) in [4.78, 5) is 52.5. The Morgan fingerprint density at radius 2 is 1.58 bits per heavy atom. The fourth-order valence-electron chi connectivity index (χ4n) is 6.34. The molecule has 52 heavy (non-hydrogen) atoms. The van der Waals surface area contributed by atoms with Gasteiger partial charge in [0.15, 0.2) is 0 Å². The van der Waals surface area contributed by atoms with Gasteiger partial charge in [0.05, 0.1) is 48.8 Å². The number of likely N-dealkylation sites (tertiary alicyclic amines) is 1. The van der Waals surface area contributed by atoms with Crippen LogP contribution in [0.1, 0.15) is 106 Å². The molecule has 0 aromatic heterocycles. The number of nitrogens with one attached hydrogen (secondary N) is 1. The van der Waals surface area contributed by atoms with E-state index in [1.165, 1.54) is 20.6 Å². The van der Waals surface area contributed by atoms with Crippen molar-refractivity contribution in [3.8, 4) is 0 Å². The highest BCUT2D eigenvalue weighted by Gasteiger charge is 2.44. The number of hydrogen-bond donors (Lipinski definition) is 5. The van der Waals surface area contributed by atoms with Crippen molar-refractivity contribution in [2.45, 2.75) is 136 Å². The summed E-state index contributed by atoms with van der Waals surface area (Å²) in [6, 6.07) is 7.70. The summed E-state index contributed by atoms with van der Waals surface area (Å²) < 4.78 is 11.8. The van der Waals surface area contributed by atoms with E-state index in [1.54, 1.807) is 30.8 Å². The fourth-order valence-corrected chi connectivity index (χ4v) is 6.34. The third-order valence-electron chi connectivity index (χ3n) is 9.30. The van der Waals surface area contributed by atoms with Crippen LogP contribution >= 0.6 is 0 Å². The van der Waals surface area contributed by atoms with Crippen molar-refractivity contribution in [3.05, 3.63) is 35.9 Å². The summed E-state index contributed by atoms with van der Waals surface area (Å²) in [6.45, 7) is 16.5. The standard InChI is InChI=1S/C34H58N4O6.C3H8.CH3NO.CH5N/c1-10-22(4)31(37(7)29(39)17-16-21(2)3)28(43-8)19-30(40)38-20-26(35)18-27(38)33(44-9)23(5)34(42)36-24(6)32(41)25-14-12-11-13-15-25;1-3-2;2-1-3;1-2/h11-15,21-24,26-28,31-33,41H,10,16-20,35H2,1-9H3,(H,36,42);3H2,1-2H3;1H,(H2,2,3);2H2,1H3. The largest absolute Gasteiger partial charge is 0.386 e. The van der Waals surface area contributed by atoms with Gasteiger partial charge in [0, 0.05) is 40.3 Å². The molecule has 1 saturated heterocycles. The molecule has 0 spiro atoms. The Hall–Kier alpha value is -3.10. The van der Waals surface area contributed by atoms with Crippen LogP contribution in [0, 0.1) is 17.8 Å². The van der Waals surface area contributed by atoms with E-state index in [9.17, 15) is 19.5 Å². The Bertz CT molecular complexity index is 1110. The van der Waals surface area contributed by atoms with Crippen LogP contribution in [0.2, 0.25) is 0 Å². The third kappa shape index (κ3) is 17.2. The van der Waals surface area contributed by atoms with Crippen LogP contribution in [-0.4, -0.2) is 110 Å². The van der Waals surface area contributed by atoms with Gasteiger partial charge in [-0.15, -0.1) is 0 Å². The zero-order chi connectivity index (χ0) is 40.6. The summed E-state index contributed by atoms with van der Waals surface area (Å²) in [7, 11) is 6.43. The monoisotopic (exact) mass is 739 g/mol. The Morgan fingerprint density at radius 1 is 1.04 bits per heavy atom. The van der Waals surface area contributed by atoms with Gasteiger partial charge < -0.3 is 46.9 Å². The van der Waals surface area contributed by atoms with E-state index in [4.69, 9.17) is 20.0 Å². The first kappa shape index (κ1) is 51.0. The number of amides is 4. The summed E-state index contributed by atoms with van der Waals surface area (Å²) in [5.41, 5.74) is 15.8. The number of benzene rings is 1. The molecule has 302 valence electrons. The minimum atomic E-state index is -0.869. The summed E-state index contributed by atoms with van der Waals surface area (Å²) in [5, 5.41) is 13.7. The number of nitrogens with two attached hydrogens (primary N) is 3. The minimum absolute atomic E-state index is 0.0467. The Kier molecular flexibility index (Phi) is 27.9. The van der Waals surface area contributed by atoms with Gasteiger partial charge in [-0.25, -0.2) is 0 Å². The summed E-state index contributed by atoms with van der Waals surface area (Å²) in [5.74, 6) is -0.465. The number of carbonyl (C=O) groups is 4. The fraction of sp³-hybridized carbons (Fsp3) is 0.744. The number of likely N-dealkylation sites (N-methyl/N-ethyl adjacent to an activating group) is 1. The molecule has 1 heterocycles. The predicted molar refractivity (Wildman–Crippen MR) is 209 cm³/mol. The zero-order valence-electron chi connectivity index (χ0n) is 34.2. The van der Waals surface area contributed by atoms with Gasteiger partial charge in [0.2, 0.25) is 24.1 Å². The van der Waals surface area contributed by atoms with Crippen LogP contribution in [0.5, 0.6) is 0 Å². The molecule has 4 amide bonds. The zero-order valence-corrected chi connectivity index (χ0v) is 34.2. The van der Waals surface area contributed by atoms with Crippen LogP contribution in [-0.2, 0) is 28.7 Å². The van der Waals surface area contributed by atoms with Gasteiger partial charge in [0.25, 0.3) is 0 Å². The van der Waals surface area contributed by atoms with E-state index in [0.29, 0.717) is 30.9 Å². The van der Waals surface area contributed by atoms with Crippen molar-refractivity contribution in [1.29, 1.82) is 0 Å². The maximum Gasteiger partial charge on any atom is 0.225 e. The molecule has 1 aromatic carbocycles. The lowest BCUT2D eigenvalue weighted by Gasteiger charge is -2.39.